The number of rotatable bonds is 6. The van der Waals surface area contributed by atoms with Crippen LogP contribution in [0.25, 0.3) is 11.0 Å². The quantitative estimate of drug-likeness (QED) is 0.427. The van der Waals surface area contributed by atoms with E-state index in [-0.39, 0.29) is 5.56 Å². The lowest BCUT2D eigenvalue weighted by Crippen LogP contribution is -2.12. The van der Waals surface area contributed by atoms with Gasteiger partial charge in [0.05, 0.1) is 11.1 Å². The molecule has 0 spiro atoms. The highest BCUT2D eigenvalue weighted by molar-refractivity contribution is 6.04. The van der Waals surface area contributed by atoms with Gasteiger partial charge < -0.3 is 15.6 Å². The fourth-order valence-corrected chi connectivity index (χ4v) is 3.13. The van der Waals surface area contributed by atoms with E-state index in [9.17, 15) is 13.6 Å². The number of nitrogens with zero attached hydrogens (tertiary/aromatic N) is 2. The summed E-state index contributed by atoms with van der Waals surface area (Å²) >= 11 is 0. The number of aromatic amines is 1. The Hall–Kier alpha value is -4.25. The molecule has 8 heteroatoms. The minimum Gasteiger partial charge on any atom is -0.355 e. The molecule has 1 amide bonds. The lowest BCUT2D eigenvalue weighted by atomic mass is 10.1. The number of hydrogen-bond donors (Lipinski definition) is 3. The van der Waals surface area contributed by atoms with Crippen molar-refractivity contribution in [2.45, 2.75) is 6.42 Å². The van der Waals surface area contributed by atoms with Crippen molar-refractivity contribution in [2.75, 3.05) is 17.2 Å². The topological polar surface area (TPSA) is 93.6 Å². The Labute approximate surface area is 176 Å². The molecule has 154 valence electrons. The second-order valence-corrected chi connectivity index (χ2v) is 6.86. The third-order valence-electron chi connectivity index (χ3n) is 4.73. The van der Waals surface area contributed by atoms with E-state index in [4.69, 9.17) is 5.26 Å². The van der Waals surface area contributed by atoms with E-state index in [2.05, 4.69) is 26.7 Å². The van der Waals surface area contributed by atoms with E-state index in [1.807, 2.05) is 18.2 Å². The highest BCUT2D eigenvalue weighted by atomic mass is 19.2. The van der Waals surface area contributed by atoms with E-state index in [0.717, 1.165) is 23.2 Å². The second-order valence-electron chi connectivity index (χ2n) is 6.86. The van der Waals surface area contributed by atoms with Crippen LogP contribution in [0.1, 0.15) is 21.5 Å². The molecule has 3 N–H and O–H groups in total. The maximum atomic E-state index is 13.3. The Bertz CT molecular complexity index is 1290. The van der Waals surface area contributed by atoms with Gasteiger partial charge in [-0.3, -0.25) is 4.79 Å². The van der Waals surface area contributed by atoms with Crippen LogP contribution in [-0.4, -0.2) is 22.4 Å². The van der Waals surface area contributed by atoms with Crippen molar-refractivity contribution >= 4 is 28.6 Å². The second kappa shape index (κ2) is 8.63. The first-order valence-electron chi connectivity index (χ1n) is 9.51. The van der Waals surface area contributed by atoms with Crippen LogP contribution in [0.3, 0.4) is 0 Å². The highest BCUT2D eigenvalue weighted by Crippen LogP contribution is 2.18. The highest BCUT2D eigenvalue weighted by Gasteiger charge is 2.10. The molecule has 0 aliphatic carbocycles. The molecule has 1 heterocycles. The summed E-state index contributed by atoms with van der Waals surface area (Å²) in [6.45, 7) is 0.613. The number of carbonyl (C=O) groups excluding carboxylic acids is 1. The van der Waals surface area contributed by atoms with Gasteiger partial charge in [-0.25, -0.2) is 13.8 Å². The number of aromatic nitrogens is 2. The van der Waals surface area contributed by atoms with E-state index in [0.29, 0.717) is 35.7 Å². The van der Waals surface area contributed by atoms with Crippen LogP contribution in [0.15, 0.2) is 60.7 Å². The number of nitriles is 1. The molecule has 6 nitrogen and oxygen atoms in total. The van der Waals surface area contributed by atoms with Crippen LogP contribution in [0.4, 0.5) is 20.4 Å². The largest absolute Gasteiger partial charge is 0.355 e. The zero-order valence-corrected chi connectivity index (χ0v) is 16.2. The van der Waals surface area contributed by atoms with E-state index < -0.39 is 17.5 Å². The molecule has 0 aliphatic heterocycles. The maximum Gasteiger partial charge on any atom is 0.255 e. The van der Waals surface area contributed by atoms with Gasteiger partial charge in [-0.05, 0) is 54.4 Å². The van der Waals surface area contributed by atoms with Gasteiger partial charge >= 0.3 is 0 Å². The first kappa shape index (κ1) is 20.0. The van der Waals surface area contributed by atoms with Crippen LogP contribution in [0.2, 0.25) is 0 Å². The Balaban J connectivity index is 1.33. The molecule has 4 rings (SSSR count). The monoisotopic (exact) mass is 417 g/mol. The number of hydrogen-bond acceptors (Lipinski definition) is 4. The molecule has 0 saturated carbocycles. The summed E-state index contributed by atoms with van der Waals surface area (Å²) in [5.41, 5.74) is 3.57. The lowest BCUT2D eigenvalue weighted by molar-refractivity contribution is 0.102. The van der Waals surface area contributed by atoms with Gasteiger partial charge in [-0.2, -0.15) is 5.26 Å². The van der Waals surface area contributed by atoms with Gasteiger partial charge in [0.15, 0.2) is 11.6 Å². The summed E-state index contributed by atoms with van der Waals surface area (Å²) in [4.78, 5) is 19.7. The third-order valence-corrected chi connectivity index (χ3v) is 4.73. The molecule has 0 saturated heterocycles. The third kappa shape index (κ3) is 4.51. The van der Waals surface area contributed by atoms with E-state index in [1.165, 1.54) is 6.07 Å². The number of halogens is 2. The van der Waals surface area contributed by atoms with Crippen molar-refractivity contribution in [3.63, 3.8) is 0 Å². The molecule has 1 aromatic heterocycles. The minimum atomic E-state index is -1.07. The smallest absolute Gasteiger partial charge is 0.255 e. The molecule has 0 radical (unpaired) electrons. The summed E-state index contributed by atoms with van der Waals surface area (Å²) < 4.78 is 26.3. The number of fused-ring (bicyclic) bond motifs is 1. The van der Waals surface area contributed by atoms with Gasteiger partial charge in [0.2, 0.25) is 5.95 Å². The molecule has 3 aromatic carbocycles. The summed E-state index contributed by atoms with van der Waals surface area (Å²) in [6.07, 6.45) is 0.708. The van der Waals surface area contributed by atoms with Crippen LogP contribution in [0, 0.1) is 23.0 Å². The van der Waals surface area contributed by atoms with E-state index in [1.54, 1.807) is 24.3 Å². The number of carbonyl (C=O) groups is 1. The lowest BCUT2D eigenvalue weighted by Gasteiger charge is -2.07. The standard InChI is InChI=1S/C23H17F2N5O/c24-18-9-6-15(12-19(18)25)22(31)28-17-7-4-14(5-8-17)10-11-27-23-29-20-3-1-2-16(13-26)21(20)30-23/h1-9,12H,10-11H2,(H,28,31)(H2,27,29,30). The summed E-state index contributed by atoms with van der Waals surface area (Å²) in [7, 11) is 0. The predicted octanol–water partition coefficient (Wildman–Crippen LogP) is 4.62. The SMILES string of the molecule is N#Cc1cccc2[nH]c(NCCc3ccc(NC(=O)c4ccc(F)c(F)c4)cc3)nc12. The van der Waals surface area contributed by atoms with Crippen LogP contribution in [-0.2, 0) is 6.42 Å². The predicted molar refractivity (Wildman–Crippen MR) is 114 cm³/mol. The van der Waals surface area contributed by atoms with Crippen LogP contribution in [0.5, 0.6) is 0 Å². The molecule has 4 aromatic rings. The van der Waals surface area contributed by atoms with Gasteiger partial charge in [-0.1, -0.05) is 18.2 Å². The first-order valence-corrected chi connectivity index (χ1v) is 9.51. The van der Waals surface area contributed by atoms with Crippen molar-refractivity contribution in [2.24, 2.45) is 0 Å². The van der Waals surface area contributed by atoms with Crippen molar-refractivity contribution in [1.29, 1.82) is 5.26 Å². The fourth-order valence-electron chi connectivity index (χ4n) is 3.13. The van der Waals surface area contributed by atoms with Gasteiger partial charge in [-0.15, -0.1) is 0 Å². The Morgan fingerprint density at radius 3 is 2.61 bits per heavy atom. The zero-order valence-electron chi connectivity index (χ0n) is 16.2. The average Bonchev–Trinajstić information content (AvgIpc) is 3.20. The molecule has 0 aliphatic rings. The molecule has 0 unspecified atom stereocenters. The van der Waals surface area contributed by atoms with Gasteiger partial charge in [0.1, 0.15) is 11.6 Å². The summed E-state index contributed by atoms with van der Waals surface area (Å²) in [5, 5.41) is 15.0. The normalized spacial score (nSPS) is 10.6. The Morgan fingerprint density at radius 2 is 1.87 bits per heavy atom. The number of nitrogens with one attached hydrogen (secondary N) is 3. The number of imidazole rings is 1. The Morgan fingerprint density at radius 1 is 1.06 bits per heavy atom. The molecule has 31 heavy (non-hydrogen) atoms. The fraction of sp³-hybridized carbons (Fsp3) is 0.0870. The first-order chi connectivity index (χ1) is 15.0. The average molecular weight is 417 g/mol. The van der Waals surface area contributed by atoms with Crippen molar-refractivity contribution in [3.05, 3.63) is 89.0 Å². The number of benzene rings is 3. The molecule has 0 bridgehead atoms. The van der Waals surface area contributed by atoms with Crippen LogP contribution < -0.4 is 10.6 Å². The summed E-state index contributed by atoms with van der Waals surface area (Å²) in [5.74, 6) is -1.99. The van der Waals surface area contributed by atoms with Crippen molar-refractivity contribution in [3.8, 4) is 6.07 Å². The van der Waals surface area contributed by atoms with Gasteiger partial charge in [0, 0.05) is 17.8 Å². The molecule has 0 atom stereocenters. The minimum absolute atomic E-state index is 0.0394. The maximum absolute atomic E-state index is 13.3. The Kier molecular flexibility index (Phi) is 5.58. The molecular formula is C23H17F2N5O. The number of anilines is 2. The summed E-state index contributed by atoms with van der Waals surface area (Å²) in [6, 6.07) is 17.7. The zero-order chi connectivity index (χ0) is 21.8. The van der Waals surface area contributed by atoms with Crippen molar-refractivity contribution in [1.82, 2.24) is 9.97 Å². The van der Waals surface area contributed by atoms with Crippen molar-refractivity contribution < 1.29 is 13.6 Å². The van der Waals surface area contributed by atoms with Crippen LogP contribution >= 0.6 is 0 Å². The van der Waals surface area contributed by atoms with Gasteiger partial charge in [0.25, 0.3) is 5.91 Å². The number of para-hydroxylation sites is 1. The van der Waals surface area contributed by atoms with E-state index >= 15 is 0 Å². The number of amides is 1. The molecule has 0 fully saturated rings. The number of H-pyrrole nitrogens is 1. The molecular weight excluding hydrogens is 400 g/mol.